The van der Waals surface area contributed by atoms with Gasteiger partial charge in [0.05, 0.1) is 18.2 Å². The van der Waals surface area contributed by atoms with Gasteiger partial charge in [-0.15, -0.1) is 0 Å². The third kappa shape index (κ3) is 3.97. The Balaban J connectivity index is 2.64. The zero-order valence-corrected chi connectivity index (χ0v) is 8.37. The minimum atomic E-state index is -0.102. The Labute approximate surface area is 88.7 Å². The lowest BCUT2D eigenvalue weighted by atomic mass is 10.1. The molecule has 0 aliphatic carbocycles. The van der Waals surface area contributed by atoms with Crippen LogP contribution in [-0.2, 0) is 4.79 Å². The van der Waals surface area contributed by atoms with Crippen LogP contribution in [-0.4, -0.2) is 12.5 Å². The first kappa shape index (κ1) is 10.8. The van der Waals surface area contributed by atoms with Gasteiger partial charge in [0.25, 0.3) is 0 Å². The summed E-state index contributed by atoms with van der Waals surface area (Å²) in [7, 11) is 0. The second kappa shape index (κ2) is 5.47. The highest BCUT2D eigenvalue weighted by molar-refractivity contribution is 5.73. The van der Waals surface area contributed by atoms with Gasteiger partial charge < -0.3 is 5.32 Å². The average molecular weight is 198 g/mol. The van der Waals surface area contributed by atoms with Gasteiger partial charge in [0, 0.05) is 12.5 Å². The number of rotatable bonds is 1. The van der Waals surface area contributed by atoms with Crippen molar-refractivity contribution in [2.45, 2.75) is 6.92 Å². The molecule has 0 atom stereocenters. The van der Waals surface area contributed by atoms with Gasteiger partial charge in [-0.05, 0) is 18.2 Å². The Morgan fingerprint density at radius 3 is 2.87 bits per heavy atom. The predicted octanol–water partition coefficient (Wildman–Crippen LogP) is 1.05. The Bertz CT molecular complexity index is 460. The second-order valence-corrected chi connectivity index (χ2v) is 2.90. The largest absolute Gasteiger partial charge is 0.345 e. The van der Waals surface area contributed by atoms with Crippen LogP contribution < -0.4 is 5.32 Å². The quantitative estimate of drug-likeness (QED) is 0.685. The number of carbonyl (C=O) groups excluding carboxylic acids is 1. The van der Waals surface area contributed by atoms with E-state index in [0.29, 0.717) is 12.1 Å². The van der Waals surface area contributed by atoms with E-state index in [1.54, 1.807) is 18.2 Å². The molecule has 1 rings (SSSR count). The van der Waals surface area contributed by atoms with Crippen molar-refractivity contribution in [3.63, 3.8) is 0 Å². The number of benzene rings is 1. The molecule has 0 heterocycles. The van der Waals surface area contributed by atoms with Crippen molar-refractivity contribution in [3.8, 4) is 17.9 Å². The third-order valence-electron chi connectivity index (χ3n) is 1.65. The fraction of sp³-hybridized carbons (Fsp3) is 0.167. The molecule has 0 fully saturated rings. The Morgan fingerprint density at radius 1 is 1.47 bits per heavy atom. The van der Waals surface area contributed by atoms with Crippen LogP contribution in [0.3, 0.4) is 0 Å². The smallest absolute Gasteiger partial charge is 0.217 e. The van der Waals surface area contributed by atoms with E-state index >= 15 is 0 Å². The van der Waals surface area contributed by atoms with E-state index in [0.717, 1.165) is 5.56 Å². The molecule has 0 aromatic heterocycles. The van der Waals surface area contributed by atoms with Crippen LogP contribution in [0.4, 0.5) is 0 Å². The lowest BCUT2D eigenvalue weighted by molar-refractivity contribution is -0.118. The molecule has 3 heteroatoms. The van der Waals surface area contributed by atoms with Crippen molar-refractivity contribution in [2.75, 3.05) is 6.54 Å². The molecule has 0 saturated heterocycles. The lowest BCUT2D eigenvalue weighted by Gasteiger charge is -1.92. The maximum absolute atomic E-state index is 10.5. The van der Waals surface area contributed by atoms with Gasteiger partial charge in [0.2, 0.25) is 5.91 Å². The van der Waals surface area contributed by atoms with Crippen LogP contribution >= 0.6 is 0 Å². The number of nitrogens with one attached hydrogen (secondary N) is 1. The zero-order valence-electron chi connectivity index (χ0n) is 8.37. The van der Waals surface area contributed by atoms with Gasteiger partial charge >= 0.3 is 0 Å². The minimum Gasteiger partial charge on any atom is -0.345 e. The fourth-order valence-electron chi connectivity index (χ4n) is 0.981. The molecule has 0 aliphatic heterocycles. The van der Waals surface area contributed by atoms with Crippen LogP contribution in [0.15, 0.2) is 24.3 Å². The summed E-state index contributed by atoms with van der Waals surface area (Å²) in [5, 5.41) is 11.2. The Kier molecular flexibility index (Phi) is 3.94. The van der Waals surface area contributed by atoms with E-state index in [4.69, 9.17) is 5.26 Å². The number of amides is 1. The number of nitrogens with zero attached hydrogens (tertiary/aromatic N) is 1. The average Bonchev–Trinajstić information content (AvgIpc) is 2.24. The standard InChI is InChI=1S/C12H10N2O/c1-10(15)14-7-3-6-11-4-2-5-12(8-11)9-13/h2,4-5,8H,7H2,1H3,(H,14,15). The van der Waals surface area contributed by atoms with Crippen molar-refractivity contribution >= 4 is 5.91 Å². The number of hydrogen-bond donors (Lipinski definition) is 1. The first-order valence-corrected chi connectivity index (χ1v) is 4.46. The molecule has 0 spiro atoms. The first-order valence-electron chi connectivity index (χ1n) is 4.46. The molecule has 0 bridgehead atoms. The topological polar surface area (TPSA) is 52.9 Å². The summed E-state index contributed by atoms with van der Waals surface area (Å²) in [6.07, 6.45) is 0. The second-order valence-electron chi connectivity index (χ2n) is 2.90. The summed E-state index contributed by atoms with van der Waals surface area (Å²) < 4.78 is 0. The van der Waals surface area contributed by atoms with Gasteiger partial charge in [-0.25, -0.2) is 0 Å². The molecule has 3 nitrogen and oxygen atoms in total. The van der Waals surface area contributed by atoms with Crippen molar-refractivity contribution in [1.82, 2.24) is 5.32 Å². The summed E-state index contributed by atoms with van der Waals surface area (Å²) >= 11 is 0. The highest BCUT2D eigenvalue weighted by atomic mass is 16.1. The van der Waals surface area contributed by atoms with E-state index in [1.807, 2.05) is 12.1 Å². The molecule has 1 aromatic carbocycles. The van der Waals surface area contributed by atoms with E-state index in [9.17, 15) is 4.79 Å². The van der Waals surface area contributed by atoms with Gasteiger partial charge in [-0.1, -0.05) is 17.9 Å². The van der Waals surface area contributed by atoms with E-state index in [2.05, 4.69) is 17.2 Å². The Hall–Kier alpha value is -2.26. The monoisotopic (exact) mass is 198 g/mol. The molecule has 1 N–H and O–H groups in total. The van der Waals surface area contributed by atoms with E-state index in [-0.39, 0.29) is 5.91 Å². The molecule has 1 amide bonds. The van der Waals surface area contributed by atoms with Gasteiger partial charge in [-0.2, -0.15) is 5.26 Å². The summed E-state index contributed by atoms with van der Waals surface area (Å²) in [6, 6.07) is 9.07. The molecule has 1 aromatic rings. The summed E-state index contributed by atoms with van der Waals surface area (Å²) in [5.41, 5.74) is 1.36. The summed E-state index contributed by atoms with van der Waals surface area (Å²) in [4.78, 5) is 10.5. The van der Waals surface area contributed by atoms with Crippen LogP contribution in [0.5, 0.6) is 0 Å². The first-order chi connectivity index (χ1) is 7.22. The van der Waals surface area contributed by atoms with Crippen molar-refractivity contribution in [2.24, 2.45) is 0 Å². The third-order valence-corrected chi connectivity index (χ3v) is 1.65. The molecular formula is C12H10N2O. The highest BCUT2D eigenvalue weighted by Gasteiger charge is 1.90. The molecule has 0 saturated carbocycles. The molecule has 0 aliphatic rings. The minimum absolute atomic E-state index is 0.102. The fourth-order valence-corrected chi connectivity index (χ4v) is 0.981. The van der Waals surface area contributed by atoms with Crippen molar-refractivity contribution in [1.29, 1.82) is 5.26 Å². The molecular weight excluding hydrogens is 188 g/mol. The van der Waals surface area contributed by atoms with Crippen molar-refractivity contribution in [3.05, 3.63) is 35.4 Å². The summed E-state index contributed by atoms with van der Waals surface area (Å²) in [6.45, 7) is 1.77. The van der Waals surface area contributed by atoms with Crippen LogP contribution in [0.25, 0.3) is 0 Å². The lowest BCUT2D eigenvalue weighted by Crippen LogP contribution is -2.19. The number of nitriles is 1. The predicted molar refractivity (Wildman–Crippen MR) is 56.7 cm³/mol. The van der Waals surface area contributed by atoms with Crippen LogP contribution in [0.2, 0.25) is 0 Å². The maximum atomic E-state index is 10.5. The number of carbonyl (C=O) groups is 1. The van der Waals surface area contributed by atoms with Gasteiger partial charge in [-0.3, -0.25) is 4.79 Å². The van der Waals surface area contributed by atoms with Gasteiger partial charge in [0.1, 0.15) is 0 Å². The molecule has 15 heavy (non-hydrogen) atoms. The molecule has 0 unspecified atom stereocenters. The normalized spacial score (nSPS) is 8.27. The molecule has 74 valence electrons. The maximum Gasteiger partial charge on any atom is 0.217 e. The van der Waals surface area contributed by atoms with Crippen LogP contribution in [0.1, 0.15) is 18.1 Å². The number of hydrogen-bond acceptors (Lipinski definition) is 2. The molecule has 0 radical (unpaired) electrons. The SMILES string of the molecule is CC(=O)NCC#Cc1cccc(C#N)c1. The Morgan fingerprint density at radius 2 is 2.20 bits per heavy atom. The van der Waals surface area contributed by atoms with Crippen LogP contribution in [0, 0.1) is 23.2 Å². The van der Waals surface area contributed by atoms with E-state index < -0.39 is 0 Å². The van der Waals surface area contributed by atoms with E-state index in [1.165, 1.54) is 6.92 Å². The highest BCUT2D eigenvalue weighted by Crippen LogP contribution is 2.01. The van der Waals surface area contributed by atoms with Crippen molar-refractivity contribution < 1.29 is 4.79 Å². The summed E-state index contributed by atoms with van der Waals surface area (Å²) in [5.74, 6) is 5.55. The zero-order chi connectivity index (χ0) is 11.1. The van der Waals surface area contributed by atoms with Gasteiger partial charge in [0.15, 0.2) is 0 Å².